The second-order valence-electron chi connectivity index (χ2n) is 3.31. The van der Waals surface area contributed by atoms with Gasteiger partial charge >= 0.3 is 0 Å². The average molecular weight is 312 g/mol. The standard InChI is InChI=1S/C12H10Cl3FO2/c1-2-18-10(7-11(17)12(13,14)15)8-3-5-9(16)6-4-8/h3-7H,2H2,1H3/b10-7+. The Kier molecular flexibility index (Phi) is 5.45. The van der Waals surface area contributed by atoms with Crippen molar-refractivity contribution >= 4 is 46.3 Å². The Morgan fingerprint density at radius 1 is 1.33 bits per heavy atom. The minimum Gasteiger partial charge on any atom is -0.493 e. The zero-order chi connectivity index (χ0) is 13.8. The van der Waals surface area contributed by atoms with Crippen LogP contribution < -0.4 is 0 Å². The van der Waals surface area contributed by atoms with Crippen LogP contribution >= 0.6 is 34.8 Å². The highest BCUT2D eigenvalue weighted by Crippen LogP contribution is 2.29. The molecule has 0 atom stereocenters. The van der Waals surface area contributed by atoms with Crippen LogP contribution in [-0.4, -0.2) is 16.2 Å². The first-order valence-corrected chi connectivity index (χ1v) is 6.19. The summed E-state index contributed by atoms with van der Waals surface area (Å²) in [5.41, 5.74) is 0.529. The maximum Gasteiger partial charge on any atom is 0.252 e. The fourth-order valence-corrected chi connectivity index (χ4v) is 1.34. The summed E-state index contributed by atoms with van der Waals surface area (Å²) in [5, 5.41) is 0. The van der Waals surface area contributed by atoms with E-state index in [9.17, 15) is 9.18 Å². The molecule has 0 N–H and O–H groups in total. The van der Waals surface area contributed by atoms with Crippen molar-refractivity contribution in [1.82, 2.24) is 0 Å². The first-order valence-electron chi connectivity index (χ1n) is 5.06. The molecule has 0 spiro atoms. The van der Waals surface area contributed by atoms with Crippen molar-refractivity contribution in [3.8, 4) is 0 Å². The number of carbonyl (C=O) groups excluding carboxylic acids is 1. The van der Waals surface area contributed by atoms with Gasteiger partial charge in [-0.05, 0) is 31.2 Å². The third kappa shape index (κ3) is 4.48. The molecule has 0 amide bonds. The van der Waals surface area contributed by atoms with Gasteiger partial charge in [0, 0.05) is 11.6 Å². The summed E-state index contributed by atoms with van der Waals surface area (Å²) in [5.74, 6) is -0.878. The molecule has 1 aromatic carbocycles. The number of halogens is 4. The molecule has 1 aromatic rings. The Morgan fingerprint density at radius 3 is 2.33 bits per heavy atom. The number of hydrogen-bond acceptors (Lipinski definition) is 2. The Labute approximate surface area is 119 Å². The predicted octanol–water partition coefficient (Wildman–Crippen LogP) is 4.14. The van der Waals surface area contributed by atoms with E-state index in [1.54, 1.807) is 6.92 Å². The molecular formula is C12H10Cl3FO2. The molecule has 0 bridgehead atoms. The molecule has 0 aromatic heterocycles. The summed E-state index contributed by atoms with van der Waals surface area (Å²) >= 11 is 16.4. The maximum absolute atomic E-state index is 12.8. The lowest BCUT2D eigenvalue weighted by molar-refractivity contribution is -0.113. The number of ketones is 1. The molecule has 0 aliphatic rings. The van der Waals surface area contributed by atoms with Gasteiger partial charge in [0.2, 0.25) is 5.78 Å². The van der Waals surface area contributed by atoms with Gasteiger partial charge < -0.3 is 4.74 Å². The van der Waals surface area contributed by atoms with E-state index in [1.807, 2.05) is 0 Å². The highest BCUT2D eigenvalue weighted by atomic mass is 35.6. The Hall–Kier alpha value is -0.770. The van der Waals surface area contributed by atoms with Crippen LogP contribution in [0, 0.1) is 5.82 Å². The van der Waals surface area contributed by atoms with Crippen LogP contribution in [0.3, 0.4) is 0 Å². The van der Waals surface area contributed by atoms with Gasteiger partial charge in [0.1, 0.15) is 11.6 Å². The number of carbonyl (C=O) groups is 1. The van der Waals surface area contributed by atoms with Crippen molar-refractivity contribution in [3.63, 3.8) is 0 Å². The fraction of sp³-hybridized carbons (Fsp3) is 0.250. The van der Waals surface area contributed by atoms with Crippen molar-refractivity contribution in [1.29, 1.82) is 0 Å². The molecule has 0 unspecified atom stereocenters. The lowest BCUT2D eigenvalue weighted by Crippen LogP contribution is -2.16. The van der Waals surface area contributed by atoms with Crippen LogP contribution in [0.5, 0.6) is 0 Å². The average Bonchev–Trinajstić information content (AvgIpc) is 2.28. The van der Waals surface area contributed by atoms with Crippen LogP contribution in [0.4, 0.5) is 4.39 Å². The highest BCUT2D eigenvalue weighted by molar-refractivity contribution is 6.77. The minimum absolute atomic E-state index is 0.230. The summed E-state index contributed by atoms with van der Waals surface area (Å²) in [6.45, 7) is 2.08. The Morgan fingerprint density at radius 2 is 1.89 bits per heavy atom. The molecule has 0 radical (unpaired) electrons. The van der Waals surface area contributed by atoms with Gasteiger partial charge in [-0.2, -0.15) is 0 Å². The van der Waals surface area contributed by atoms with Crippen molar-refractivity contribution < 1.29 is 13.9 Å². The van der Waals surface area contributed by atoms with Crippen LogP contribution in [0.2, 0.25) is 0 Å². The summed E-state index contributed by atoms with van der Waals surface area (Å²) in [6, 6.07) is 5.45. The summed E-state index contributed by atoms with van der Waals surface area (Å²) < 4.78 is 16.0. The molecule has 0 aliphatic carbocycles. The monoisotopic (exact) mass is 310 g/mol. The summed E-state index contributed by atoms with van der Waals surface area (Å²) in [6.07, 6.45) is 1.09. The second-order valence-corrected chi connectivity index (χ2v) is 5.59. The van der Waals surface area contributed by atoms with Crippen LogP contribution in [0.1, 0.15) is 12.5 Å². The zero-order valence-electron chi connectivity index (χ0n) is 9.42. The van der Waals surface area contributed by atoms with Crippen molar-refractivity contribution in [2.75, 3.05) is 6.61 Å². The van der Waals surface area contributed by atoms with Gasteiger partial charge in [0.05, 0.1) is 6.61 Å². The lowest BCUT2D eigenvalue weighted by atomic mass is 10.1. The van der Waals surface area contributed by atoms with Gasteiger partial charge in [0.25, 0.3) is 3.79 Å². The molecule has 18 heavy (non-hydrogen) atoms. The number of rotatable bonds is 4. The van der Waals surface area contributed by atoms with Gasteiger partial charge in [-0.15, -0.1) is 0 Å². The number of allylic oxidation sites excluding steroid dienone is 1. The molecule has 98 valence electrons. The lowest BCUT2D eigenvalue weighted by Gasteiger charge is -2.11. The maximum atomic E-state index is 12.8. The smallest absolute Gasteiger partial charge is 0.252 e. The summed E-state index contributed by atoms with van der Waals surface area (Å²) in [7, 11) is 0. The van der Waals surface area contributed by atoms with E-state index in [2.05, 4.69) is 0 Å². The van der Waals surface area contributed by atoms with Crippen LogP contribution in [-0.2, 0) is 9.53 Å². The SMILES string of the molecule is CCO/C(=C/C(=O)C(Cl)(Cl)Cl)c1ccc(F)cc1. The quantitative estimate of drug-likeness (QED) is 0.474. The van der Waals surface area contributed by atoms with E-state index in [0.717, 1.165) is 6.08 Å². The predicted molar refractivity (Wildman–Crippen MR) is 71.3 cm³/mol. The topological polar surface area (TPSA) is 26.3 Å². The summed E-state index contributed by atoms with van der Waals surface area (Å²) in [4.78, 5) is 11.6. The number of hydrogen-bond donors (Lipinski definition) is 0. The zero-order valence-corrected chi connectivity index (χ0v) is 11.7. The molecule has 1 rings (SSSR count). The van der Waals surface area contributed by atoms with E-state index in [-0.39, 0.29) is 11.6 Å². The van der Waals surface area contributed by atoms with Crippen LogP contribution in [0.25, 0.3) is 5.76 Å². The fourth-order valence-electron chi connectivity index (χ4n) is 1.18. The third-order valence-electron chi connectivity index (χ3n) is 1.97. The van der Waals surface area contributed by atoms with E-state index >= 15 is 0 Å². The molecule has 0 saturated heterocycles. The van der Waals surface area contributed by atoms with E-state index < -0.39 is 9.58 Å². The first kappa shape index (κ1) is 15.3. The largest absolute Gasteiger partial charge is 0.493 e. The van der Waals surface area contributed by atoms with Crippen LogP contribution in [0.15, 0.2) is 30.3 Å². The minimum atomic E-state index is -2.04. The molecule has 0 heterocycles. The molecule has 0 fully saturated rings. The molecular weight excluding hydrogens is 301 g/mol. The Bertz CT molecular complexity index is 449. The van der Waals surface area contributed by atoms with Crippen molar-refractivity contribution in [2.45, 2.75) is 10.7 Å². The number of alkyl halides is 3. The molecule has 6 heteroatoms. The second kappa shape index (κ2) is 6.41. The first-order chi connectivity index (χ1) is 8.34. The third-order valence-corrected chi connectivity index (χ3v) is 2.53. The van der Waals surface area contributed by atoms with E-state index in [1.165, 1.54) is 24.3 Å². The van der Waals surface area contributed by atoms with Crippen molar-refractivity contribution in [2.24, 2.45) is 0 Å². The van der Waals surface area contributed by atoms with Gasteiger partial charge in [-0.3, -0.25) is 4.79 Å². The van der Waals surface area contributed by atoms with E-state index in [4.69, 9.17) is 39.5 Å². The van der Waals surface area contributed by atoms with Gasteiger partial charge in [0.15, 0.2) is 0 Å². The van der Waals surface area contributed by atoms with E-state index in [0.29, 0.717) is 12.2 Å². The van der Waals surface area contributed by atoms with Crippen molar-refractivity contribution in [3.05, 3.63) is 41.7 Å². The molecule has 0 aliphatic heterocycles. The molecule has 0 saturated carbocycles. The number of benzene rings is 1. The molecule has 2 nitrogen and oxygen atoms in total. The Balaban J connectivity index is 3.06. The van der Waals surface area contributed by atoms with Gasteiger partial charge in [-0.1, -0.05) is 34.8 Å². The normalized spacial score (nSPS) is 12.4. The number of ether oxygens (including phenoxy) is 1. The van der Waals surface area contributed by atoms with Gasteiger partial charge in [-0.25, -0.2) is 4.39 Å². The highest BCUT2D eigenvalue weighted by Gasteiger charge is 2.29.